The van der Waals surface area contributed by atoms with Gasteiger partial charge in [0.25, 0.3) is 5.91 Å². The van der Waals surface area contributed by atoms with Gasteiger partial charge in [0, 0.05) is 11.6 Å². The predicted molar refractivity (Wildman–Crippen MR) is 91.4 cm³/mol. The van der Waals surface area contributed by atoms with Crippen molar-refractivity contribution in [3.63, 3.8) is 0 Å². The molecule has 126 valence electrons. The van der Waals surface area contributed by atoms with Crippen molar-refractivity contribution >= 4 is 40.7 Å². The minimum atomic E-state index is -0.310. The summed E-state index contributed by atoms with van der Waals surface area (Å²) in [6.45, 7) is 0.328. The molecule has 0 aromatic heterocycles. The summed E-state index contributed by atoms with van der Waals surface area (Å²) < 4.78 is 15.9. The number of carbonyl (C=O) groups excluding carboxylic acids is 1. The van der Waals surface area contributed by atoms with E-state index in [0.29, 0.717) is 23.1 Å². The Hall–Kier alpha value is -1.82. The van der Waals surface area contributed by atoms with Crippen LogP contribution in [0.2, 0.25) is 15.1 Å². The lowest BCUT2D eigenvalue weighted by Gasteiger charge is -2.11. The second-order valence-electron chi connectivity index (χ2n) is 4.95. The molecule has 0 spiro atoms. The van der Waals surface area contributed by atoms with Gasteiger partial charge in [-0.05, 0) is 29.8 Å². The minimum Gasteiger partial charge on any atom is -0.481 e. The van der Waals surface area contributed by atoms with Crippen LogP contribution in [-0.2, 0) is 11.3 Å². The van der Waals surface area contributed by atoms with E-state index in [4.69, 9.17) is 49.0 Å². The van der Waals surface area contributed by atoms with Crippen LogP contribution in [0.1, 0.15) is 5.56 Å². The summed E-state index contributed by atoms with van der Waals surface area (Å²) >= 11 is 17.8. The molecule has 1 aliphatic rings. The Morgan fingerprint density at radius 3 is 2.54 bits per heavy atom. The summed E-state index contributed by atoms with van der Waals surface area (Å²) in [6.07, 6.45) is 0. The summed E-state index contributed by atoms with van der Waals surface area (Å²) in [4.78, 5) is 11.9. The predicted octanol–water partition coefficient (Wildman–Crippen LogP) is 4.07. The molecule has 0 saturated heterocycles. The van der Waals surface area contributed by atoms with Crippen molar-refractivity contribution in [1.29, 1.82) is 0 Å². The van der Waals surface area contributed by atoms with Crippen LogP contribution in [0.4, 0.5) is 0 Å². The van der Waals surface area contributed by atoms with Crippen LogP contribution >= 0.6 is 34.8 Å². The highest BCUT2D eigenvalue weighted by atomic mass is 35.5. The zero-order valence-corrected chi connectivity index (χ0v) is 14.5. The van der Waals surface area contributed by atoms with Crippen LogP contribution in [0.15, 0.2) is 30.3 Å². The van der Waals surface area contributed by atoms with Gasteiger partial charge >= 0.3 is 0 Å². The third-order valence-electron chi connectivity index (χ3n) is 3.24. The summed E-state index contributed by atoms with van der Waals surface area (Å²) in [6, 6.07) is 8.45. The van der Waals surface area contributed by atoms with Gasteiger partial charge in [-0.25, -0.2) is 0 Å². The molecular weight excluding hydrogens is 377 g/mol. The van der Waals surface area contributed by atoms with Crippen molar-refractivity contribution in [1.82, 2.24) is 5.32 Å². The van der Waals surface area contributed by atoms with E-state index in [1.54, 1.807) is 6.07 Å². The number of carbonyl (C=O) groups is 1. The highest BCUT2D eigenvalue weighted by Crippen LogP contribution is 2.35. The maximum Gasteiger partial charge on any atom is 0.258 e. The van der Waals surface area contributed by atoms with Gasteiger partial charge < -0.3 is 19.5 Å². The summed E-state index contributed by atoms with van der Waals surface area (Å²) in [5.41, 5.74) is 0.884. The SMILES string of the molecule is O=C(COc1c(Cl)cc(Cl)cc1Cl)NCc1ccc2c(c1)OCO2. The number of rotatable bonds is 5. The fourth-order valence-electron chi connectivity index (χ4n) is 2.11. The molecule has 2 aromatic rings. The van der Waals surface area contributed by atoms with Gasteiger partial charge in [-0.1, -0.05) is 40.9 Å². The molecule has 0 aliphatic carbocycles. The molecule has 8 heteroatoms. The van der Waals surface area contributed by atoms with Gasteiger partial charge in [0.05, 0.1) is 10.0 Å². The Labute approximate surface area is 153 Å². The Morgan fingerprint density at radius 1 is 1.08 bits per heavy atom. The Morgan fingerprint density at radius 2 is 1.79 bits per heavy atom. The van der Waals surface area contributed by atoms with Gasteiger partial charge in [0.1, 0.15) is 0 Å². The third-order valence-corrected chi connectivity index (χ3v) is 4.02. The van der Waals surface area contributed by atoms with Gasteiger partial charge in [0.2, 0.25) is 6.79 Å². The highest BCUT2D eigenvalue weighted by Gasteiger charge is 2.14. The maximum atomic E-state index is 11.9. The number of hydrogen-bond donors (Lipinski definition) is 1. The first-order valence-electron chi connectivity index (χ1n) is 6.95. The molecule has 2 aromatic carbocycles. The monoisotopic (exact) mass is 387 g/mol. The number of hydrogen-bond acceptors (Lipinski definition) is 4. The number of benzene rings is 2. The lowest BCUT2D eigenvalue weighted by atomic mass is 10.2. The van der Waals surface area contributed by atoms with Gasteiger partial charge in [-0.15, -0.1) is 0 Å². The van der Waals surface area contributed by atoms with E-state index in [1.807, 2.05) is 12.1 Å². The van der Waals surface area contributed by atoms with Gasteiger partial charge in [0.15, 0.2) is 23.9 Å². The molecule has 1 N–H and O–H groups in total. The zero-order valence-electron chi connectivity index (χ0n) is 12.3. The van der Waals surface area contributed by atoms with Crippen LogP contribution in [0, 0.1) is 0 Å². The molecule has 0 bridgehead atoms. The number of halogens is 3. The Kier molecular flexibility index (Phi) is 5.23. The number of nitrogens with one attached hydrogen (secondary N) is 1. The van der Waals surface area contributed by atoms with E-state index >= 15 is 0 Å². The van der Waals surface area contributed by atoms with E-state index in [1.165, 1.54) is 12.1 Å². The number of ether oxygens (including phenoxy) is 3. The molecule has 24 heavy (non-hydrogen) atoms. The van der Waals surface area contributed by atoms with Crippen LogP contribution in [-0.4, -0.2) is 19.3 Å². The first-order chi connectivity index (χ1) is 11.5. The van der Waals surface area contributed by atoms with Crippen molar-refractivity contribution in [2.75, 3.05) is 13.4 Å². The fourth-order valence-corrected chi connectivity index (χ4v) is 3.03. The summed E-state index contributed by atoms with van der Waals surface area (Å²) in [7, 11) is 0. The van der Waals surface area contributed by atoms with E-state index in [-0.39, 0.29) is 35.1 Å². The number of amides is 1. The van der Waals surface area contributed by atoms with E-state index in [9.17, 15) is 4.79 Å². The minimum absolute atomic E-state index is 0.210. The molecule has 0 unspecified atom stereocenters. The van der Waals surface area contributed by atoms with Crippen LogP contribution in [0.25, 0.3) is 0 Å². The lowest BCUT2D eigenvalue weighted by Crippen LogP contribution is -2.28. The maximum absolute atomic E-state index is 11.9. The molecule has 3 rings (SSSR count). The average molecular weight is 389 g/mol. The van der Waals surface area contributed by atoms with Crippen molar-refractivity contribution < 1.29 is 19.0 Å². The molecule has 5 nitrogen and oxygen atoms in total. The normalized spacial score (nSPS) is 12.1. The average Bonchev–Trinajstić information content (AvgIpc) is 2.99. The van der Waals surface area contributed by atoms with Crippen molar-refractivity contribution in [3.8, 4) is 17.2 Å². The molecular formula is C16H12Cl3NO4. The highest BCUT2D eigenvalue weighted by molar-refractivity contribution is 6.40. The second kappa shape index (κ2) is 7.38. The smallest absolute Gasteiger partial charge is 0.258 e. The van der Waals surface area contributed by atoms with Crippen LogP contribution in [0.3, 0.4) is 0 Å². The summed E-state index contributed by atoms with van der Waals surface area (Å²) in [5, 5.41) is 3.62. The zero-order chi connectivity index (χ0) is 17.1. The molecule has 1 amide bonds. The Balaban J connectivity index is 1.53. The first-order valence-corrected chi connectivity index (χ1v) is 8.09. The van der Waals surface area contributed by atoms with Gasteiger partial charge in [-0.2, -0.15) is 0 Å². The molecule has 0 radical (unpaired) electrons. The van der Waals surface area contributed by atoms with Crippen LogP contribution in [0.5, 0.6) is 17.2 Å². The molecule has 1 heterocycles. The van der Waals surface area contributed by atoms with E-state index in [2.05, 4.69) is 5.32 Å². The second-order valence-corrected chi connectivity index (χ2v) is 6.20. The first kappa shape index (κ1) is 17.0. The van der Waals surface area contributed by atoms with Crippen molar-refractivity contribution in [2.45, 2.75) is 6.54 Å². The largest absolute Gasteiger partial charge is 0.481 e. The number of fused-ring (bicyclic) bond motifs is 1. The molecule has 0 atom stereocenters. The molecule has 0 fully saturated rings. The summed E-state index contributed by atoms with van der Waals surface area (Å²) in [5.74, 6) is 1.27. The van der Waals surface area contributed by atoms with E-state index in [0.717, 1.165) is 5.56 Å². The Bertz CT molecular complexity index is 759. The topological polar surface area (TPSA) is 56.8 Å². The van der Waals surface area contributed by atoms with Crippen molar-refractivity contribution in [2.24, 2.45) is 0 Å². The quantitative estimate of drug-likeness (QED) is 0.839. The van der Waals surface area contributed by atoms with Crippen molar-refractivity contribution in [3.05, 3.63) is 51.0 Å². The molecule has 1 aliphatic heterocycles. The fraction of sp³-hybridized carbons (Fsp3) is 0.188. The van der Waals surface area contributed by atoms with Crippen LogP contribution < -0.4 is 19.5 Å². The molecule has 0 saturated carbocycles. The van der Waals surface area contributed by atoms with Gasteiger partial charge in [-0.3, -0.25) is 4.79 Å². The standard InChI is InChI=1S/C16H12Cl3NO4/c17-10-4-11(18)16(12(19)5-10)22-7-15(21)20-6-9-1-2-13-14(3-9)24-8-23-13/h1-5H,6-8H2,(H,20,21). The lowest BCUT2D eigenvalue weighted by molar-refractivity contribution is -0.123. The third kappa shape index (κ3) is 3.98. The van der Waals surface area contributed by atoms with E-state index < -0.39 is 0 Å².